The van der Waals surface area contributed by atoms with Gasteiger partial charge in [0.1, 0.15) is 5.75 Å². The SMILES string of the molecule is COc1ccccc1C(O)CN1CCN2CCCCC2C1. The van der Waals surface area contributed by atoms with E-state index in [2.05, 4.69) is 9.80 Å². The molecule has 1 aromatic rings. The van der Waals surface area contributed by atoms with Gasteiger partial charge in [0.25, 0.3) is 0 Å². The van der Waals surface area contributed by atoms with E-state index in [0.717, 1.165) is 30.9 Å². The molecule has 1 aromatic carbocycles. The third-order valence-electron chi connectivity index (χ3n) is 4.85. The Balaban J connectivity index is 1.61. The van der Waals surface area contributed by atoms with Gasteiger partial charge < -0.3 is 9.84 Å². The number of ether oxygens (including phenoxy) is 1. The monoisotopic (exact) mass is 290 g/mol. The number of benzene rings is 1. The van der Waals surface area contributed by atoms with Crippen molar-refractivity contribution in [3.63, 3.8) is 0 Å². The van der Waals surface area contributed by atoms with Gasteiger partial charge in [0.15, 0.2) is 0 Å². The fourth-order valence-corrected chi connectivity index (χ4v) is 3.67. The Bertz CT molecular complexity index is 466. The number of para-hydroxylation sites is 1. The molecular weight excluding hydrogens is 264 g/mol. The lowest BCUT2D eigenvalue weighted by molar-refractivity contribution is 0.0229. The number of rotatable bonds is 4. The largest absolute Gasteiger partial charge is 0.496 e. The lowest BCUT2D eigenvalue weighted by atomic mass is 9.99. The van der Waals surface area contributed by atoms with E-state index in [1.165, 1.54) is 25.8 Å². The summed E-state index contributed by atoms with van der Waals surface area (Å²) in [6.45, 7) is 5.25. The van der Waals surface area contributed by atoms with Crippen molar-refractivity contribution in [2.75, 3.05) is 39.8 Å². The van der Waals surface area contributed by atoms with Crippen LogP contribution in [0.1, 0.15) is 30.9 Å². The average Bonchev–Trinajstić information content (AvgIpc) is 2.54. The molecule has 116 valence electrons. The first-order chi connectivity index (χ1) is 10.3. The minimum absolute atomic E-state index is 0.476. The standard InChI is InChI=1S/C17H26N2O2/c1-21-17-8-3-2-7-15(17)16(20)13-18-10-11-19-9-5-4-6-14(19)12-18/h2-3,7-8,14,16,20H,4-6,9-13H2,1H3. The molecule has 2 fully saturated rings. The average molecular weight is 290 g/mol. The number of methoxy groups -OCH3 is 1. The number of fused-ring (bicyclic) bond motifs is 1. The number of nitrogens with zero attached hydrogens (tertiary/aromatic N) is 2. The van der Waals surface area contributed by atoms with Gasteiger partial charge in [-0.25, -0.2) is 0 Å². The Morgan fingerprint density at radius 3 is 2.95 bits per heavy atom. The van der Waals surface area contributed by atoms with E-state index in [4.69, 9.17) is 4.74 Å². The van der Waals surface area contributed by atoms with Gasteiger partial charge in [-0.1, -0.05) is 24.6 Å². The molecule has 0 bridgehead atoms. The molecule has 0 aliphatic carbocycles. The molecule has 2 heterocycles. The van der Waals surface area contributed by atoms with Crippen LogP contribution in [0, 0.1) is 0 Å². The summed E-state index contributed by atoms with van der Waals surface area (Å²) in [6.07, 6.45) is 3.53. The number of aliphatic hydroxyl groups is 1. The molecule has 0 aromatic heterocycles. The van der Waals surface area contributed by atoms with Crippen molar-refractivity contribution in [1.82, 2.24) is 9.80 Å². The topological polar surface area (TPSA) is 35.9 Å². The highest BCUT2D eigenvalue weighted by atomic mass is 16.5. The van der Waals surface area contributed by atoms with Crippen LogP contribution in [0.3, 0.4) is 0 Å². The number of β-amino-alcohol motifs (C(OH)–C–C–N with tert-alkyl or cyclic N) is 1. The Kier molecular flexibility index (Phi) is 4.78. The van der Waals surface area contributed by atoms with Crippen molar-refractivity contribution in [1.29, 1.82) is 0 Å². The maximum atomic E-state index is 10.5. The van der Waals surface area contributed by atoms with Crippen LogP contribution in [0.4, 0.5) is 0 Å². The number of piperidine rings is 1. The molecule has 2 unspecified atom stereocenters. The summed E-state index contributed by atoms with van der Waals surface area (Å²) in [6, 6.07) is 8.46. The van der Waals surface area contributed by atoms with Gasteiger partial charge >= 0.3 is 0 Å². The van der Waals surface area contributed by atoms with Crippen molar-refractivity contribution in [3.8, 4) is 5.75 Å². The Morgan fingerprint density at radius 2 is 2.10 bits per heavy atom. The first-order valence-corrected chi connectivity index (χ1v) is 8.05. The fraction of sp³-hybridized carbons (Fsp3) is 0.647. The molecule has 21 heavy (non-hydrogen) atoms. The molecule has 2 atom stereocenters. The maximum absolute atomic E-state index is 10.5. The minimum atomic E-state index is -0.476. The molecular formula is C17H26N2O2. The second-order valence-corrected chi connectivity index (χ2v) is 6.20. The van der Waals surface area contributed by atoms with Crippen molar-refractivity contribution in [2.45, 2.75) is 31.4 Å². The maximum Gasteiger partial charge on any atom is 0.124 e. The highest BCUT2D eigenvalue weighted by Gasteiger charge is 2.30. The number of aliphatic hydroxyl groups excluding tert-OH is 1. The second-order valence-electron chi connectivity index (χ2n) is 6.20. The third-order valence-corrected chi connectivity index (χ3v) is 4.85. The van der Waals surface area contributed by atoms with Gasteiger partial charge in [-0.3, -0.25) is 9.80 Å². The predicted octanol–water partition coefficient (Wildman–Crippen LogP) is 1.90. The van der Waals surface area contributed by atoms with Gasteiger partial charge in [-0.15, -0.1) is 0 Å². The highest BCUT2D eigenvalue weighted by molar-refractivity contribution is 5.35. The summed E-state index contributed by atoms with van der Waals surface area (Å²) in [7, 11) is 1.66. The van der Waals surface area contributed by atoms with Crippen LogP contribution in [0.25, 0.3) is 0 Å². The molecule has 4 heteroatoms. The summed E-state index contributed by atoms with van der Waals surface area (Å²) in [5.74, 6) is 0.779. The molecule has 0 saturated carbocycles. The predicted molar refractivity (Wildman–Crippen MR) is 83.6 cm³/mol. The van der Waals surface area contributed by atoms with Crippen molar-refractivity contribution in [3.05, 3.63) is 29.8 Å². The Morgan fingerprint density at radius 1 is 1.24 bits per heavy atom. The van der Waals surface area contributed by atoms with E-state index in [9.17, 15) is 5.11 Å². The third kappa shape index (κ3) is 3.39. The minimum Gasteiger partial charge on any atom is -0.496 e. The molecule has 0 amide bonds. The van der Waals surface area contributed by atoms with Crippen molar-refractivity contribution >= 4 is 0 Å². The molecule has 0 spiro atoms. The number of hydrogen-bond acceptors (Lipinski definition) is 4. The lowest BCUT2D eigenvalue weighted by Crippen LogP contribution is -2.55. The van der Waals surface area contributed by atoms with Crippen LogP contribution < -0.4 is 4.74 Å². The quantitative estimate of drug-likeness (QED) is 0.919. The second kappa shape index (κ2) is 6.77. The van der Waals surface area contributed by atoms with Crippen LogP contribution in [-0.2, 0) is 0 Å². The van der Waals surface area contributed by atoms with Crippen molar-refractivity contribution < 1.29 is 9.84 Å². The van der Waals surface area contributed by atoms with Gasteiger partial charge in [-0.05, 0) is 25.5 Å². The zero-order chi connectivity index (χ0) is 14.7. The first kappa shape index (κ1) is 14.8. The summed E-state index contributed by atoms with van der Waals surface area (Å²) in [5.41, 5.74) is 0.895. The van der Waals surface area contributed by atoms with E-state index in [0.29, 0.717) is 12.6 Å². The van der Waals surface area contributed by atoms with Gasteiger partial charge in [0, 0.05) is 37.8 Å². The van der Waals surface area contributed by atoms with Crippen LogP contribution >= 0.6 is 0 Å². The van der Waals surface area contributed by atoms with E-state index >= 15 is 0 Å². The van der Waals surface area contributed by atoms with Crippen LogP contribution in [0.15, 0.2) is 24.3 Å². The van der Waals surface area contributed by atoms with Gasteiger partial charge in [-0.2, -0.15) is 0 Å². The fourth-order valence-electron chi connectivity index (χ4n) is 3.67. The van der Waals surface area contributed by atoms with Crippen LogP contribution in [0.5, 0.6) is 5.75 Å². The normalized spacial score (nSPS) is 25.3. The lowest BCUT2D eigenvalue weighted by Gasteiger charge is -2.44. The first-order valence-electron chi connectivity index (χ1n) is 8.05. The van der Waals surface area contributed by atoms with E-state index < -0.39 is 6.10 Å². The summed E-state index contributed by atoms with van der Waals surface area (Å²) in [5, 5.41) is 10.5. The Labute approximate surface area is 127 Å². The Hall–Kier alpha value is -1.10. The highest BCUT2D eigenvalue weighted by Crippen LogP contribution is 2.27. The van der Waals surface area contributed by atoms with Gasteiger partial charge in [0.05, 0.1) is 13.2 Å². The van der Waals surface area contributed by atoms with Crippen LogP contribution in [-0.4, -0.2) is 60.8 Å². The van der Waals surface area contributed by atoms with E-state index in [-0.39, 0.29) is 0 Å². The summed E-state index contributed by atoms with van der Waals surface area (Å²) >= 11 is 0. The smallest absolute Gasteiger partial charge is 0.124 e. The summed E-state index contributed by atoms with van der Waals surface area (Å²) in [4.78, 5) is 5.03. The van der Waals surface area contributed by atoms with Crippen LogP contribution in [0.2, 0.25) is 0 Å². The molecule has 1 N–H and O–H groups in total. The molecule has 2 aliphatic heterocycles. The molecule has 4 nitrogen and oxygen atoms in total. The molecule has 2 aliphatic rings. The summed E-state index contributed by atoms with van der Waals surface area (Å²) < 4.78 is 5.35. The zero-order valence-electron chi connectivity index (χ0n) is 12.9. The van der Waals surface area contributed by atoms with Crippen molar-refractivity contribution in [2.24, 2.45) is 0 Å². The molecule has 2 saturated heterocycles. The zero-order valence-corrected chi connectivity index (χ0v) is 12.9. The molecule has 3 rings (SSSR count). The number of piperazine rings is 1. The number of hydrogen-bond donors (Lipinski definition) is 1. The van der Waals surface area contributed by atoms with Gasteiger partial charge in [0.2, 0.25) is 0 Å². The van der Waals surface area contributed by atoms with E-state index in [1.54, 1.807) is 7.11 Å². The molecule has 0 radical (unpaired) electrons. The van der Waals surface area contributed by atoms with E-state index in [1.807, 2.05) is 24.3 Å².